The number of benzene rings is 2. The third kappa shape index (κ3) is 5.56. The summed E-state index contributed by atoms with van der Waals surface area (Å²) in [7, 11) is 0. The molecule has 1 heterocycles. The molecule has 2 N–H and O–H groups in total. The third-order valence-corrected chi connectivity index (χ3v) is 4.48. The maximum atomic E-state index is 12.2. The Morgan fingerprint density at radius 1 is 1.00 bits per heavy atom. The van der Waals surface area contributed by atoms with Gasteiger partial charge in [-0.2, -0.15) is 5.26 Å². The van der Waals surface area contributed by atoms with E-state index >= 15 is 0 Å². The molecule has 146 valence electrons. The van der Waals surface area contributed by atoms with Crippen molar-refractivity contribution >= 4 is 11.7 Å². The monoisotopic (exact) mass is 386 g/mol. The first-order valence-electron chi connectivity index (χ1n) is 9.20. The van der Waals surface area contributed by atoms with Crippen LogP contribution in [0.5, 0.6) is 11.5 Å². The van der Waals surface area contributed by atoms with Crippen LogP contribution < -0.4 is 15.4 Å². The molecule has 0 radical (unpaired) electrons. The maximum Gasteiger partial charge on any atom is 0.319 e. The second-order valence-electron chi connectivity index (χ2n) is 7.19. The first-order valence-corrected chi connectivity index (χ1v) is 9.20. The highest BCUT2D eigenvalue weighted by molar-refractivity contribution is 5.89. The number of nitriles is 1. The Morgan fingerprint density at radius 2 is 1.59 bits per heavy atom. The van der Waals surface area contributed by atoms with Crippen LogP contribution in [-0.4, -0.2) is 17.6 Å². The van der Waals surface area contributed by atoms with E-state index in [1.165, 1.54) is 0 Å². The van der Waals surface area contributed by atoms with Gasteiger partial charge in [-0.3, -0.25) is 4.98 Å². The molecule has 29 heavy (non-hydrogen) atoms. The number of carbonyl (C=O) groups excluding carboxylic acids is 1. The average molecular weight is 386 g/mol. The van der Waals surface area contributed by atoms with Gasteiger partial charge in [0, 0.05) is 30.0 Å². The minimum absolute atomic E-state index is 0.209. The molecule has 0 aliphatic rings. The van der Waals surface area contributed by atoms with Crippen molar-refractivity contribution in [1.29, 1.82) is 5.26 Å². The standard InChI is InChI=1S/C23H22N4O2/c1-23(2,18-11-13-25-14-12-18)16-26-22(28)27-19-5-9-21(10-6-19)29-20-7-3-17(15-24)4-8-20/h3-14H,16H2,1-2H3,(H2,26,27,28). The molecule has 6 nitrogen and oxygen atoms in total. The van der Waals surface area contributed by atoms with Gasteiger partial charge in [0.2, 0.25) is 0 Å². The zero-order valence-electron chi connectivity index (χ0n) is 16.3. The molecule has 1 aromatic heterocycles. The molecule has 6 heteroatoms. The number of nitrogens with zero attached hydrogens (tertiary/aromatic N) is 2. The van der Waals surface area contributed by atoms with Gasteiger partial charge in [0.15, 0.2) is 0 Å². The fourth-order valence-corrected chi connectivity index (χ4v) is 2.72. The number of rotatable bonds is 6. The number of urea groups is 1. The first kappa shape index (κ1) is 19.9. The lowest BCUT2D eigenvalue weighted by Gasteiger charge is -2.25. The fourth-order valence-electron chi connectivity index (χ4n) is 2.72. The minimum atomic E-state index is -0.270. The summed E-state index contributed by atoms with van der Waals surface area (Å²) in [5.41, 5.74) is 2.14. The Balaban J connectivity index is 1.52. The van der Waals surface area contributed by atoms with Gasteiger partial charge in [-0.25, -0.2) is 4.79 Å². The molecule has 0 fully saturated rings. The molecular weight excluding hydrogens is 364 g/mol. The average Bonchev–Trinajstić information content (AvgIpc) is 2.75. The van der Waals surface area contributed by atoms with Crippen molar-refractivity contribution in [3.63, 3.8) is 0 Å². The summed E-state index contributed by atoms with van der Waals surface area (Å²) in [6.07, 6.45) is 3.50. The van der Waals surface area contributed by atoms with Gasteiger partial charge in [-0.1, -0.05) is 13.8 Å². The number of carbonyl (C=O) groups is 1. The van der Waals surface area contributed by atoms with Crippen molar-refractivity contribution in [3.05, 3.63) is 84.2 Å². The van der Waals surface area contributed by atoms with E-state index in [-0.39, 0.29) is 11.4 Å². The minimum Gasteiger partial charge on any atom is -0.457 e. The molecule has 0 unspecified atom stereocenters. The van der Waals surface area contributed by atoms with Gasteiger partial charge in [0.05, 0.1) is 11.6 Å². The summed E-state index contributed by atoms with van der Waals surface area (Å²) < 4.78 is 5.74. The van der Waals surface area contributed by atoms with Crippen molar-refractivity contribution in [2.75, 3.05) is 11.9 Å². The molecule has 0 bridgehead atoms. The van der Waals surface area contributed by atoms with Gasteiger partial charge in [-0.15, -0.1) is 0 Å². The quantitative estimate of drug-likeness (QED) is 0.634. The number of nitrogens with one attached hydrogen (secondary N) is 2. The molecule has 3 aromatic rings. The van der Waals surface area contributed by atoms with Crippen molar-refractivity contribution in [2.45, 2.75) is 19.3 Å². The van der Waals surface area contributed by atoms with E-state index in [9.17, 15) is 4.79 Å². The molecule has 0 atom stereocenters. The number of ether oxygens (including phenoxy) is 1. The van der Waals surface area contributed by atoms with E-state index in [1.54, 1.807) is 60.9 Å². The third-order valence-electron chi connectivity index (χ3n) is 4.48. The highest BCUT2D eigenvalue weighted by Gasteiger charge is 2.21. The van der Waals surface area contributed by atoms with Crippen LogP contribution in [0.15, 0.2) is 73.1 Å². The Hall–Kier alpha value is -3.85. The van der Waals surface area contributed by atoms with Gasteiger partial charge in [0.25, 0.3) is 0 Å². The van der Waals surface area contributed by atoms with E-state index in [2.05, 4.69) is 35.5 Å². The second-order valence-corrected chi connectivity index (χ2v) is 7.19. The summed E-state index contributed by atoms with van der Waals surface area (Å²) in [6.45, 7) is 4.62. The Bertz CT molecular complexity index is 992. The fraction of sp³-hybridized carbons (Fsp3) is 0.174. The number of amides is 2. The van der Waals surface area contributed by atoms with E-state index in [1.807, 2.05) is 12.1 Å². The van der Waals surface area contributed by atoms with Crippen LogP contribution in [0.4, 0.5) is 10.5 Å². The summed E-state index contributed by atoms with van der Waals surface area (Å²) in [5.74, 6) is 1.28. The molecule has 2 amide bonds. The molecule has 0 aliphatic carbocycles. The van der Waals surface area contributed by atoms with Crippen molar-refractivity contribution < 1.29 is 9.53 Å². The highest BCUT2D eigenvalue weighted by Crippen LogP contribution is 2.24. The van der Waals surface area contributed by atoms with Crippen LogP contribution in [0.1, 0.15) is 25.0 Å². The summed E-state index contributed by atoms with van der Waals surface area (Å²) in [6, 6.07) is 19.7. The van der Waals surface area contributed by atoms with Crippen molar-refractivity contribution in [1.82, 2.24) is 10.3 Å². The molecule has 0 aliphatic heterocycles. The number of hydrogen-bond acceptors (Lipinski definition) is 4. The molecule has 2 aromatic carbocycles. The van der Waals surface area contributed by atoms with Gasteiger partial charge in [0.1, 0.15) is 11.5 Å². The lowest BCUT2D eigenvalue weighted by atomic mass is 9.85. The largest absolute Gasteiger partial charge is 0.457 e. The van der Waals surface area contributed by atoms with Crippen LogP contribution in [0.25, 0.3) is 0 Å². The normalized spacial score (nSPS) is 10.7. The van der Waals surface area contributed by atoms with Crippen LogP contribution >= 0.6 is 0 Å². The number of pyridine rings is 1. The van der Waals surface area contributed by atoms with E-state index in [0.29, 0.717) is 29.3 Å². The van der Waals surface area contributed by atoms with E-state index in [0.717, 1.165) is 5.56 Å². The molecule has 0 saturated carbocycles. The summed E-state index contributed by atoms with van der Waals surface area (Å²) in [5, 5.41) is 14.6. The number of anilines is 1. The van der Waals surface area contributed by atoms with E-state index in [4.69, 9.17) is 10.00 Å². The predicted octanol–water partition coefficient (Wildman–Crippen LogP) is 4.84. The number of hydrogen-bond donors (Lipinski definition) is 2. The SMILES string of the molecule is CC(C)(CNC(=O)Nc1ccc(Oc2ccc(C#N)cc2)cc1)c1ccncc1. The number of aromatic nitrogens is 1. The van der Waals surface area contributed by atoms with Gasteiger partial charge < -0.3 is 15.4 Å². The molecule has 0 spiro atoms. The second kappa shape index (κ2) is 8.89. The predicted molar refractivity (Wildman–Crippen MR) is 112 cm³/mol. The van der Waals surface area contributed by atoms with Crippen LogP contribution in [0, 0.1) is 11.3 Å². The molecular formula is C23H22N4O2. The summed E-state index contributed by atoms with van der Waals surface area (Å²) >= 11 is 0. The zero-order valence-corrected chi connectivity index (χ0v) is 16.3. The van der Waals surface area contributed by atoms with Crippen LogP contribution in [-0.2, 0) is 5.41 Å². The lowest BCUT2D eigenvalue weighted by molar-refractivity contribution is 0.249. The van der Waals surface area contributed by atoms with Crippen LogP contribution in [0.2, 0.25) is 0 Å². The lowest BCUT2D eigenvalue weighted by Crippen LogP contribution is -2.38. The zero-order chi connectivity index (χ0) is 20.7. The Labute approximate surface area is 170 Å². The van der Waals surface area contributed by atoms with Gasteiger partial charge in [-0.05, 0) is 66.2 Å². The maximum absolute atomic E-state index is 12.2. The molecule has 0 saturated heterocycles. The van der Waals surface area contributed by atoms with E-state index < -0.39 is 0 Å². The Morgan fingerprint density at radius 3 is 2.17 bits per heavy atom. The first-order chi connectivity index (χ1) is 14.0. The topological polar surface area (TPSA) is 87.0 Å². The van der Waals surface area contributed by atoms with Gasteiger partial charge >= 0.3 is 6.03 Å². The van der Waals surface area contributed by atoms with Crippen molar-refractivity contribution in [3.8, 4) is 17.6 Å². The highest BCUT2D eigenvalue weighted by atomic mass is 16.5. The Kier molecular flexibility index (Phi) is 6.10. The smallest absolute Gasteiger partial charge is 0.319 e. The van der Waals surface area contributed by atoms with Crippen molar-refractivity contribution in [2.24, 2.45) is 0 Å². The van der Waals surface area contributed by atoms with Crippen LogP contribution in [0.3, 0.4) is 0 Å². The molecule has 3 rings (SSSR count). The summed E-state index contributed by atoms with van der Waals surface area (Å²) in [4.78, 5) is 16.3.